The van der Waals surface area contributed by atoms with E-state index in [9.17, 15) is 18.0 Å². The van der Waals surface area contributed by atoms with E-state index < -0.39 is 15.9 Å². The average Bonchev–Trinajstić information content (AvgIpc) is 2.26. The lowest BCUT2D eigenvalue weighted by Gasteiger charge is -2.07. The molecule has 0 aliphatic heterocycles. The van der Waals surface area contributed by atoms with Crippen LogP contribution in [0.3, 0.4) is 0 Å². The van der Waals surface area contributed by atoms with Crippen molar-refractivity contribution in [1.29, 1.82) is 0 Å². The molecule has 0 saturated carbocycles. The van der Waals surface area contributed by atoms with Crippen LogP contribution in [0.25, 0.3) is 0 Å². The SMILES string of the molecule is CC(=O)NNS(=O)(=O)c1ccc(NC(C)=O)cc1. The van der Waals surface area contributed by atoms with Crippen molar-refractivity contribution in [3.8, 4) is 0 Å². The number of sulfonamides is 1. The zero-order valence-electron chi connectivity index (χ0n) is 9.85. The Morgan fingerprint density at radius 2 is 1.56 bits per heavy atom. The molecule has 0 radical (unpaired) electrons. The van der Waals surface area contributed by atoms with E-state index >= 15 is 0 Å². The van der Waals surface area contributed by atoms with Crippen molar-refractivity contribution in [1.82, 2.24) is 10.3 Å². The van der Waals surface area contributed by atoms with Gasteiger partial charge < -0.3 is 5.32 Å². The van der Waals surface area contributed by atoms with Crippen LogP contribution >= 0.6 is 0 Å². The van der Waals surface area contributed by atoms with Crippen molar-refractivity contribution in [2.75, 3.05) is 5.32 Å². The first-order chi connectivity index (χ1) is 8.31. The predicted molar refractivity (Wildman–Crippen MR) is 64.9 cm³/mol. The molecule has 0 saturated heterocycles. The minimum absolute atomic E-state index is 0.0228. The summed E-state index contributed by atoms with van der Waals surface area (Å²) in [6, 6.07) is 5.53. The first-order valence-corrected chi connectivity index (χ1v) is 6.45. The van der Waals surface area contributed by atoms with Gasteiger partial charge >= 0.3 is 0 Å². The van der Waals surface area contributed by atoms with Crippen LogP contribution in [0, 0.1) is 0 Å². The number of hydrogen-bond acceptors (Lipinski definition) is 4. The summed E-state index contributed by atoms with van der Waals surface area (Å²) in [5.74, 6) is -0.768. The lowest BCUT2D eigenvalue weighted by atomic mass is 10.3. The van der Waals surface area contributed by atoms with Crippen molar-refractivity contribution >= 4 is 27.5 Å². The molecule has 2 amide bonds. The fraction of sp³-hybridized carbons (Fsp3) is 0.200. The monoisotopic (exact) mass is 271 g/mol. The molecule has 98 valence electrons. The Morgan fingerprint density at radius 3 is 2.00 bits per heavy atom. The van der Waals surface area contributed by atoms with E-state index in [1.165, 1.54) is 38.1 Å². The number of rotatable bonds is 4. The zero-order chi connectivity index (χ0) is 13.8. The summed E-state index contributed by atoms with van der Waals surface area (Å²) in [5.41, 5.74) is 2.47. The maximum absolute atomic E-state index is 11.7. The van der Waals surface area contributed by atoms with E-state index in [-0.39, 0.29) is 10.8 Å². The third-order valence-corrected chi connectivity index (χ3v) is 3.11. The molecule has 0 aliphatic rings. The van der Waals surface area contributed by atoms with Gasteiger partial charge in [0, 0.05) is 19.5 Å². The van der Waals surface area contributed by atoms with Gasteiger partial charge in [0.2, 0.25) is 11.8 Å². The first-order valence-electron chi connectivity index (χ1n) is 4.97. The van der Waals surface area contributed by atoms with Crippen LogP contribution in [0.5, 0.6) is 0 Å². The highest BCUT2D eigenvalue weighted by Crippen LogP contribution is 2.13. The molecule has 3 N–H and O–H groups in total. The minimum Gasteiger partial charge on any atom is -0.326 e. The number of carbonyl (C=O) groups excluding carboxylic acids is 2. The number of amides is 2. The minimum atomic E-state index is -3.80. The Kier molecular flexibility index (Phi) is 4.40. The molecule has 1 aromatic carbocycles. The Morgan fingerprint density at radius 1 is 1.00 bits per heavy atom. The molecular formula is C10H13N3O4S. The van der Waals surface area contributed by atoms with Crippen LogP contribution < -0.4 is 15.6 Å². The van der Waals surface area contributed by atoms with Gasteiger partial charge in [-0.1, -0.05) is 0 Å². The molecule has 0 unspecified atom stereocenters. The second-order valence-electron chi connectivity index (χ2n) is 3.49. The van der Waals surface area contributed by atoms with Crippen LogP contribution in [0.15, 0.2) is 29.2 Å². The van der Waals surface area contributed by atoms with Gasteiger partial charge in [-0.3, -0.25) is 15.0 Å². The van der Waals surface area contributed by atoms with E-state index in [0.717, 1.165) is 0 Å². The summed E-state index contributed by atoms with van der Waals surface area (Å²) in [4.78, 5) is 23.3. The third kappa shape index (κ3) is 4.15. The fourth-order valence-electron chi connectivity index (χ4n) is 1.12. The molecular weight excluding hydrogens is 258 g/mol. The van der Waals surface area contributed by atoms with Gasteiger partial charge in [-0.25, -0.2) is 8.42 Å². The van der Waals surface area contributed by atoms with Crippen LogP contribution in [0.4, 0.5) is 5.69 Å². The average molecular weight is 271 g/mol. The van der Waals surface area contributed by atoms with Gasteiger partial charge in [-0.2, -0.15) is 0 Å². The van der Waals surface area contributed by atoms with Gasteiger partial charge in [0.1, 0.15) is 0 Å². The molecule has 0 aliphatic carbocycles. The molecule has 0 bridgehead atoms. The highest BCUT2D eigenvalue weighted by Gasteiger charge is 2.13. The third-order valence-electron chi connectivity index (χ3n) is 1.85. The Hall–Kier alpha value is -1.93. The molecule has 8 heteroatoms. The van der Waals surface area contributed by atoms with Gasteiger partial charge in [-0.15, -0.1) is 4.83 Å². The Balaban J connectivity index is 2.84. The van der Waals surface area contributed by atoms with E-state index in [1.54, 1.807) is 0 Å². The summed E-state index contributed by atoms with van der Waals surface area (Å²) in [7, 11) is -3.80. The van der Waals surface area contributed by atoms with Crippen molar-refractivity contribution in [2.24, 2.45) is 0 Å². The summed E-state index contributed by atoms with van der Waals surface area (Å²) >= 11 is 0. The van der Waals surface area contributed by atoms with Gasteiger partial charge in [-0.05, 0) is 24.3 Å². The summed E-state index contributed by atoms with van der Waals surface area (Å²) in [5, 5.41) is 2.51. The molecule has 1 rings (SSSR count). The maximum Gasteiger partial charge on any atom is 0.257 e. The molecule has 0 heterocycles. The lowest BCUT2D eigenvalue weighted by Crippen LogP contribution is -2.40. The molecule has 0 spiro atoms. The summed E-state index contributed by atoms with van der Waals surface area (Å²) in [6.07, 6.45) is 0. The first kappa shape index (κ1) is 14.1. The van der Waals surface area contributed by atoms with Crippen LogP contribution in [0.2, 0.25) is 0 Å². The zero-order valence-corrected chi connectivity index (χ0v) is 10.7. The quantitative estimate of drug-likeness (QED) is 0.669. The van der Waals surface area contributed by atoms with E-state index in [4.69, 9.17) is 0 Å². The second kappa shape index (κ2) is 5.61. The topological polar surface area (TPSA) is 104 Å². The highest BCUT2D eigenvalue weighted by molar-refractivity contribution is 7.89. The molecule has 7 nitrogen and oxygen atoms in total. The standard InChI is InChI=1S/C10H13N3O4S/c1-7(14)11-9-3-5-10(6-4-9)18(16,17)13-12-8(2)15/h3-6,13H,1-2H3,(H,11,14)(H,12,15). The number of nitrogens with one attached hydrogen (secondary N) is 3. The largest absolute Gasteiger partial charge is 0.326 e. The number of benzene rings is 1. The molecule has 0 fully saturated rings. The highest BCUT2D eigenvalue weighted by atomic mass is 32.2. The predicted octanol–water partition coefficient (Wildman–Crippen LogP) is -0.0256. The van der Waals surface area contributed by atoms with Gasteiger partial charge in [0.25, 0.3) is 10.0 Å². The van der Waals surface area contributed by atoms with Crippen molar-refractivity contribution in [3.05, 3.63) is 24.3 Å². The molecule has 18 heavy (non-hydrogen) atoms. The number of anilines is 1. The number of hydrazine groups is 1. The second-order valence-corrected chi connectivity index (χ2v) is 5.17. The van der Waals surface area contributed by atoms with Crippen molar-refractivity contribution in [2.45, 2.75) is 18.7 Å². The normalized spacial score (nSPS) is 10.8. The molecule has 1 aromatic rings. The lowest BCUT2D eigenvalue weighted by molar-refractivity contribution is -0.119. The summed E-state index contributed by atoms with van der Waals surface area (Å²) < 4.78 is 23.3. The van der Waals surface area contributed by atoms with Crippen molar-refractivity contribution in [3.63, 3.8) is 0 Å². The van der Waals surface area contributed by atoms with Gasteiger partial charge in [0.05, 0.1) is 4.90 Å². The Labute approximate surface area is 105 Å². The van der Waals surface area contributed by atoms with Crippen molar-refractivity contribution < 1.29 is 18.0 Å². The van der Waals surface area contributed by atoms with E-state index in [2.05, 4.69) is 5.32 Å². The maximum atomic E-state index is 11.7. The number of hydrogen-bond donors (Lipinski definition) is 3. The smallest absolute Gasteiger partial charge is 0.257 e. The van der Waals surface area contributed by atoms with E-state index in [1.807, 2.05) is 10.3 Å². The van der Waals surface area contributed by atoms with Gasteiger partial charge in [0.15, 0.2) is 0 Å². The van der Waals surface area contributed by atoms with Crippen LogP contribution in [0.1, 0.15) is 13.8 Å². The van der Waals surface area contributed by atoms with Crippen LogP contribution in [-0.4, -0.2) is 20.2 Å². The number of carbonyl (C=O) groups is 2. The Bertz CT molecular complexity index is 551. The molecule has 0 aromatic heterocycles. The molecule has 0 atom stereocenters. The fourth-order valence-corrected chi connectivity index (χ4v) is 2.01. The van der Waals surface area contributed by atoms with Crippen LogP contribution in [-0.2, 0) is 19.6 Å². The summed E-state index contributed by atoms with van der Waals surface area (Å²) in [6.45, 7) is 2.53. The van der Waals surface area contributed by atoms with E-state index in [0.29, 0.717) is 5.69 Å².